The number of aromatic nitrogens is 1. The van der Waals surface area contributed by atoms with E-state index in [-0.39, 0.29) is 12.4 Å². The van der Waals surface area contributed by atoms with Gasteiger partial charge in [0.05, 0.1) is 17.8 Å². The average Bonchev–Trinajstić information content (AvgIpc) is 3.51. The van der Waals surface area contributed by atoms with E-state index in [1.54, 1.807) is 7.11 Å². The van der Waals surface area contributed by atoms with Crippen molar-refractivity contribution >= 4 is 35.3 Å². The predicted molar refractivity (Wildman–Crippen MR) is 138 cm³/mol. The van der Waals surface area contributed by atoms with Crippen molar-refractivity contribution in [2.45, 2.75) is 65.2 Å². The van der Waals surface area contributed by atoms with E-state index in [1.807, 2.05) is 18.3 Å². The summed E-state index contributed by atoms with van der Waals surface area (Å²) in [5, 5.41) is 0.647. The highest BCUT2D eigenvalue weighted by Crippen LogP contribution is 2.56. The molecule has 2 aliphatic carbocycles. The molecule has 4 aliphatic rings. The summed E-state index contributed by atoms with van der Waals surface area (Å²) < 4.78 is 12.3. The topological polar surface area (TPSA) is 50.5 Å². The van der Waals surface area contributed by atoms with Gasteiger partial charge in [0, 0.05) is 23.5 Å². The molecule has 1 N–H and O–H groups in total. The standard InChI is InChI=1S/C27H33ClN2O2.ClH/c1-16(2)23-18-11-9-7-5-4-6-8-10-17-14-19(23)25(30-17)24(18)27-22(31-3)15-21(32-27)26-20(28)12-13-29-26;/h12-16,18,23,29H,4-11H2,1-3H3;1H. The molecule has 2 aromatic heterocycles. The molecule has 0 aromatic carbocycles. The highest BCUT2D eigenvalue weighted by Gasteiger charge is 2.44. The second kappa shape index (κ2) is 10.1. The number of aromatic amines is 1. The Bertz CT molecular complexity index is 1090. The largest absolute Gasteiger partial charge is 0.493 e. The number of nitrogens with one attached hydrogen (secondary N) is 1. The number of fused-ring (bicyclic) bond motifs is 7. The summed E-state index contributed by atoms with van der Waals surface area (Å²) in [6.45, 7) is 4.69. The Morgan fingerprint density at radius 1 is 1.15 bits per heavy atom. The van der Waals surface area contributed by atoms with E-state index in [2.05, 4.69) is 24.9 Å². The van der Waals surface area contributed by atoms with Gasteiger partial charge in [-0.3, -0.25) is 4.99 Å². The fraction of sp³-hybridized carbons (Fsp3) is 0.519. The molecule has 0 amide bonds. The third kappa shape index (κ3) is 4.44. The van der Waals surface area contributed by atoms with Crippen LogP contribution in [-0.2, 0) is 0 Å². The molecular weight excluding hydrogens is 455 g/mol. The van der Waals surface area contributed by atoms with Crippen molar-refractivity contribution in [1.29, 1.82) is 0 Å². The van der Waals surface area contributed by atoms with Gasteiger partial charge >= 0.3 is 0 Å². The number of hydrogen-bond donors (Lipinski definition) is 1. The van der Waals surface area contributed by atoms with Crippen molar-refractivity contribution in [3.63, 3.8) is 0 Å². The van der Waals surface area contributed by atoms with E-state index < -0.39 is 0 Å². The normalized spacial score (nSPS) is 23.1. The maximum atomic E-state index is 6.50. The Morgan fingerprint density at radius 3 is 2.61 bits per heavy atom. The van der Waals surface area contributed by atoms with Crippen molar-refractivity contribution < 1.29 is 9.15 Å². The zero-order valence-corrected chi connectivity index (χ0v) is 21.3. The second-order valence-electron chi connectivity index (χ2n) is 9.71. The molecule has 2 aromatic rings. The van der Waals surface area contributed by atoms with Gasteiger partial charge in [-0.1, -0.05) is 57.6 Å². The summed E-state index contributed by atoms with van der Waals surface area (Å²) in [6, 6.07) is 3.80. The molecule has 2 atom stereocenters. The highest BCUT2D eigenvalue weighted by molar-refractivity contribution is 6.33. The lowest BCUT2D eigenvalue weighted by Crippen LogP contribution is -2.19. The summed E-state index contributed by atoms with van der Waals surface area (Å²) in [5.41, 5.74) is 5.80. The molecule has 0 fully saturated rings. The molecule has 0 saturated carbocycles. The van der Waals surface area contributed by atoms with E-state index in [9.17, 15) is 0 Å². The third-order valence-electron chi connectivity index (χ3n) is 7.29. The number of methoxy groups -OCH3 is 1. The van der Waals surface area contributed by atoms with Gasteiger partial charge in [-0.25, -0.2) is 0 Å². The molecule has 4 bridgehead atoms. The number of rotatable bonds is 4. The smallest absolute Gasteiger partial charge is 0.175 e. The Hall–Kier alpha value is -1.91. The molecule has 178 valence electrons. The molecule has 0 spiro atoms. The van der Waals surface area contributed by atoms with Crippen LogP contribution in [0.5, 0.6) is 5.75 Å². The van der Waals surface area contributed by atoms with Crippen molar-refractivity contribution in [3.8, 4) is 17.2 Å². The number of aliphatic imine (C=N–C) groups is 1. The predicted octanol–water partition coefficient (Wildman–Crippen LogP) is 8.49. The Labute approximate surface area is 207 Å². The Kier molecular flexibility index (Phi) is 7.45. The van der Waals surface area contributed by atoms with Crippen LogP contribution in [0.25, 0.3) is 17.0 Å². The summed E-state index contributed by atoms with van der Waals surface area (Å²) in [7, 11) is 1.71. The minimum atomic E-state index is 0. The van der Waals surface area contributed by atoms with Crippen molar-refractivity contribution in [2.24, 2.45) is 22.7 Å². The van der Waals surface area contributed by atoms with E-state index in [1.165, 1.54) is 55.4 Å². The maximum Gasteiger partial charge on any atom is 0.175 e. The van der Waals surface area contributed by atoms with Gasteiger partial charge in [0.15, 0.2) is 17.3 Å². The number of H-pyrrole nitrogens is 1. The number of allylic oxidation sites excluding steroid dienone is 3. The fourth-order valence-electron chi connectivity index (χ4n) is 5.84. The van der Waals surface area contributed by atoms with Crippen LogP contribution in [0.15, 0.2) is 45.1 Å². The number of nitrogens with zero attached hydrogens (tertiary/aromatic N) is 1. The first kappa shape index (κ1) is 24.2. The van der Waals surface area contributed by atoms with E-state index >= 15 is 0 Å². The zero-order chi connectivity index (χ0) is 22.2. The number of halogens is 2. The van der Waals surface area contributed by atoms with Crippen LogP contribution in [0, 0.1) is 17.8 Å². The summed E-state index contributed by atoms with van der Waals surface area (Å²) >= 11 is 6.39. The van der Waals surface area contributed by atoms with Crippen LogP contribution >= 0.6 is 24.0 Å². The number of hydrogen-bond acceptors (Lipinski definition) is 3. The van der Waals surface area contributed by atoms with Gasteiger partial charge in [0.1, 0.15) is 5.69 Å². The lowest BCUT2D eigenvalue weighted by Gasteiger charge is -2.26. The van der Waals surface area contributed by atoms with Gasteiger partial charge in [0.2, 0.25) is 0 Å². The molecule has 0 saturated heterocycles. The monoisotopic (exact) mass is 488 g/mol. The maximum absolute atomic E-state index is 6.50. The second-order valence-corrected chi connectivity index (χ2v) is 10.1. The first-order valence-corrected chi connectivity index (χ1v) is 12.5. The molecular formula is C27H34Cl2N2O2. The van der Waals surface area contributed by atoms with Crippen LogP contribution in [0.3, 0.4) is 0 Å². The fourth-order valence-corrected chi connectivity index (χ4v) is 6.05. The van der Waals surface area contributed by atoms with Crippen molar-refractivity contribution in [1.82, 2.24) is 4.98 Å². The molecule has 6 heteroatoms. The first-order chi connectivity index (χ1) is 15.6. The Balaban J connectivity index is 0.00000259. The third-order valence-corrected chi connectivity index (χ3v) is 7.61. The van der Waals surface area contributed by atoms with Crippen LogP contribution in [-0.4, -0.2) is 17.8 Å². The lowest BCUT2D eigenvalue weighted by atomic mass is 9.77. The van der Waals surface area contributed by atoms with Gasteiger partial charge < -0.3 is 14.1 Å². The highest BCUT2D eigenvalue weighted by atomic mass is 35.5. The molecule has 4 nitrogen and oxygen atoms in total. The van der Waals surface area contributed by atoms with Gasteiger partial charge in [-0.15, -0.1) is 12.4 Å². The number of furan rings is 1. The van der Waals surface area contributed by atoms with E-state index in [0.717, 1.165) is 35.7 Å². The molecule has 33 heavy (non-hydrogen) atoms. The van der Waals surface area contributed by atoms with Crippen molar-refractivity contribution in [2.75, 3.05) is 7.11 Å². The van der Waals surface area contributed by atoms with Gasteiger partial charge in [0.25, 0.3) is 0 Å². The first-order valence-electron chi connectivity index (χ1n) is 12.1. The molecule has 2 aliphatic heterocycles. The minimum Gasteiger partial charge on any atom is -0.493 e. The average molecular weight is 489 g/mol. The summed E-state index contributed by atoms with van der Waals surface area (Å²) in [6.07, 6.45) is 14.2. The van der Waals surface area contributed by atoms with Gasteiger partial charge in [-0.05, 0) is 54.7 Å². The zero-order valence-electron chi connectivity index (χ0n) is 19.7. The molecule has 0 radical (unpaired) electrons. The quantitative estimate of drug-likeness (QED) is 0.468. The van der Waals surface area contributed by atoms with E-state index in [4.69, 9.17) is 25.7 Å². The van der Waals surface area contributed by atoms with Gasteiger partial charge in [-0.2, -0.15) is 0 Å². The van der Waals surface area contributed by atoms with E-state index in [0.29, 0.717) is 28.5 Å². The Morgan fingerprint density at radius 2 is 1.91 bits per heavy atom. The minimum absolute atomic E-state index is 0. The van der Waals surface area contributed by atoms with Crippen molar-refractivity contribution in [3.05, 3.63) is 46.5 Å². The molecule has 2 unspecified atom stereocenters. The summed E-state index contributed by atoms with van der Waals surface area (Å²) in [5.74, 6) is 3.69. The van der Waals surface area contributed by atoms with Crippen LogP contribution in [0.1, 0.15) is 71.0 Å². The summed E-state index contributed by atoms with van der Waals surface area (Å²) in [4.78, 5) is 8.38. The number of ether oxygens (including phenoxy) is 1. The lowest BCUT2D eigenvalue weighted by molar-refractivity contribution is 0.341. The SMILES string of the molecule is COc1cc(-c2[nH]ccc2Cl)oc1C1=C2N=C3C=C2C(C(C)C)C1CCCCCCCC3.Cl. The van der Waals surface area contributed by atoms with Crippen LogP contribution in [0.4, 0.5) is 0 Å². The van der Waals surface area contributed by atoms with Crippen LogP contribution < -0.4 is 4.74 Å². The molecule has 4 heterocycles. The van der Waals surface area contributed by atoms with Crippen LogP contribution in [0.2, 0.25) is 5.02 Å². The molecule has 6 rings (SSSR count).